The lowest BCUT2D eigenvalue weighted by Gasteiger charge is -2.12. The maximum absolute atomic E-state index is 12.3. The van der Waals surface area contributed by atoms with Gasteiger partial charge in [-0.2, -0.15) is 0 Å². The molecular formula is C16H17N5OS. The molecule has 118 valence electrons. The quantitative estimate of drug-likeness (QED) is 0.568. The number of hydrogen-bond acceptors (Lipinski definition) is 5. The molecule has 6 nitrogen and oxygen atoms in total. The molecule has 3 aromatic rings. The second kappa shape index (κ2) is 6.29. The van der Waals surface area contributed by atoms with Crippen LogP contribution in [0.15, 0.2) is 47.6 Å². The van der Waals surface area contributed by atoms with Crippen molar-refractivity contribution in [2.24, 2.45) is 0 Å². The van der Waals surface area contributed by atoms with Crippen molar-refractivity contribution in [1.82, 2.24) is 14.9 Å². The van der Waals surface area contributed by atoms with E-state index in [2.05, 4.69) is 15.5 Å². The van der Waals surface area contributed by atoms with E-state index < -0.39 is 0 Å². The van der Waals surface area contributed by atoms with Crippen molar-refractivity contribution >= 4 is 34.1 Å². The number of nitrogens with zero attached hydrogens (tertiary/aromatic N) is 3. The Hall–Kier alpha value is -2.54. The molecule has 2 aromatic carbocycles. The second-order valence-corrected chi connectivity index (χ2v) is 6.52. The Morgan fingerprint density at radius 2 is 1.96 bits per heavy atom. The van der Waals surface area contributed by atoms with Crippen molar-refractivity contribution in [2.75, 3.05) is 11.2 Å². The number of rotatable bonds is 4. The fraction of sp³-hybridized carbons (Fsp3) is 0.188. The second-order valence-electron chi connectivity index (χ2n) is 5.21. The van der Waals surface area contributed by atoms with Crippen LogP contribution >= 0.6 is 11.8 Å². The van der Waals surface area contributed by atoms with Crippen molar-refractivity contribution in [2.45, 2.75) is 24.3 Å². The Bertz CT molecular complexity index is 861. The van der Waals surface area contributed by atoms with E-state index in [1.807, 2.05) is 49.4 Å². The highest BCUT2D eigenvalue weighted by Crippen LogP contribution is 2.23. The van der Waals surface area contributed by atoms with Gasteiger partial charge in [0.1, 0.15) is 5.82 Å². The number of carbonyl (C=O) groups is 1. The molecule has 0 unspecified atom stereocenters. The Morgan fingerprint density at radius 1 is 1.22 bits per heavy atom. The first-order valence-electron chi connectivity index (χ1n) is 7.18. The van der Waals surface area contributed by atoms with Gasteiger partial charge in [0, 0.05) is 5.69 Å². The molecule has 1 atom stereocenters. The molecule has 0 radical (unpaired) electrons. The van der Waals surface area contributed by atoms with Crippen LogP contribution in [-0.2, 0) is 4.79 Å². The van der Waals surface area contributed by atoms with Gasteiger partial charge in [-0.3, -0.25) is 4.79 Å². The third-order valence-corrected chi connectivity index (χ3v) is 4.56. The minimum atomic E-state index is -0.340. The van der Waals surface area contributed by atoms with Gasteiger partial charge in [-0.05, 0) is 36.8 Å². The highest BCUT2D eigenvalue weighted by Gasteiger charge is 2.18. The van der Waals surface area contributed by atoms with Crippen LogP contribution in [-0.4, -0.2) is 26.0 Å². The van der Waals surface area contributed by atoms with Gasteiger partial charge in [0.05, 0.1) is 5.25 Å². The Balaban J connectivity index is 1.70. The van der Waals surface area contributed by atoms with E-state index in [1.165, 1.54) is 16.4 Å². The summed E-state index contributed by atoms with van der Waals surface area (Å²) in [6.45, 7) is 3.57. The molecule has 0 aliphatic rings. The maximum Gasteiger partial charge on any atom is 0.237 e. The zero-order valence-electron chi connectivity index (χ0n) is 12.9. The molecule has 0 saturated carbocycles. The molecule has 7 heteroatoms. The van der Waals surface area contributed by atoms with E-state index in [9.17, 15) is 4.79 Å². The predicted molar refractivity (Wildman–Crippen MR) is 92.8 cm³/mol. The van der Waals surface area contributed by atoms with Crippen LogP contribution in [0.3, 0.4) is 0 Å². The van der Waals surface area contributed by atoms with Crippen LogP contribution in [0.2, 0.25) is 0 Å². The van der Waals surface area contributed by atoms with Gasteiger partial charge in [-0.1, -0.05) is 42.1 Å². The van der Waals surface area contributed by atoms with Crippen molar-refractivity contribution in [3.63, 3.8) is 0 Å². The number of aromatic nitrogens is 3. The van der Waals surface area contributed by atoms with Crippen LogP contribution in [0.25, 0.3) is 10.8 Å². The van der Waals surface area contributed by atoms with Gasteiger partial charge >= 0.3 is 0 Å². The van der Waals surface area contributed by atoms with Gasteiger partial charge in [-0.15, -0.1) is 10.2 Å². The highest BCUT2D eigenvalue weighted by atomic mass is 32.2. The molecular weight excluding hydrogens is 310 g/mol. The molecule has 1 amide bonds. The molecule has 0 aliphatic heterocycles. The van der Waals surface area contributed by atoms with Crippen LogP contribution in [0, 0.1) is 6.92 Å². The predicted octanol–water partition coefficient (Wildman–Crippen LogP) is 2.57. The molecule has 0 fully saturated rings. The summed E-state index contributed by atoms with van der Waals surface area (Å²) in [5, 5.41) is 13.2. The lowest BCUT2D eigenvalue weighted by atomic mass is 10.1. The van der Waals surface area contributed by atoms with Crippen LogP contribution < -0.4 is 11.2 Å². The van der Waals surface area contributed by atoms with Gasteiger partial charge in [0.15, 0.2) is 0 Å². The van der Waals surface area contributed by atoms with Gasteiger partial charge in [0.25, 0.3) is 0 Å². The van der Waals surface area contributed by atoms with Gasteiger partial charge < -0.3 is 11.2 Å². The number of benzene rings is 2. The average Bonchev–Trinajstić information content (AvgIpc) is 2.86. The highest BCUT2D eigenvalue weighted by molar-refractivity contribution is 8.00. The van der Waals surface area contributed by atoms with E-state index >= 15 is 0 Å². The summed E-state index contributed by atoms with van der Waals surface area (Å²) in [7, 11) is 0. The van der Waals surface area contributed by atoms with E-state index in [0.717, 1.165) is 16.5 Å². The first-order chi connectivity index (χ1) is 11.0. The maximum atomic E-state index is 12.3. The normalized spacial score (nSPS) is 12.3. The average molecular weight is 327 g/mol. The van der Waals surface area contributed by atoms with Gasteiger partial charge in [0.2, 0.25) is 11.1 Å². The van der Waals surface area contributed by atoms with E-state index in [-0.39, 0.29) is 11.2 Å². The smallest absolute Gasteiger partial charge is 0.237 e. The van der Waals surface area contributed by atoms with Crippen molar-refractivity contribution < 1.29 is 4.79 Å². The number of fused-ring (bicyclic) bond motifs is 1. The van der Waals surface area contributed by atoms with Crippen molar-refractivity contribution in [3.8, 4) is 0 Å². The number of amides is 1. The Morgan fingerprint density at radius 3 is 2.65 bits per heavy atom. The number of nitrogens with two attached hydrogens (primary N) is 1. The summed E-state index contributed by atoms with van der Waals surface area (Å²) < 4.78 is 1.38. The molecule has 1 aromatic heterocycles. The zero-order chi connectivity index (χ0) is 16.4. The summed E-state index contributed by atoms with van der Waals surface area (Å²) in [5.74, 6) is 6.31. The minimum Gasteiger partial charge on any atom is -0.336 e. The van der Waals surface area contributed by atoms with Crippen molar-refractivity contribution in [3.05, 3.63) is 48.3 Å². The first-order valence-corrected chi connectivity index (χ1v) is 8.06. The Kier molecular flexibility index (Phi) is 4.20. The summed E-state index contributed by atoms with van der Waals surface area (Å²) in [6, 6.07) is 13.9. The molecule has 0 spiro atoms. The monoisotopic (exact) mass is 327 g/mol. The largest absolute Gasteiger partial charge is 0.336 e. The molecule has 3 N–H and O–H groups in total. The van der Waals surface area contributed by atoms with E-state index in [1.54, 1.807) is 6.92 Å². The lowest BCUT2D eigenvalue weighted by molar-refractivity contribution is -0.115. The van der Waals surface area contributed by atoms with Crippen LogP contribution in [0.1, 0.15) is 12.7 Å². The van der Waals surface area contributed by atoms with Gasteiger partial charge in [-0.25, -0.2) is 4.68 Å². The first kappa shape index (κ1) is 15.4. The molecule has 0 aliphatic carbocycles. The van der Waals surface area contributed by atoms with Crippen LogP contribution in [0.4, 0.5) is 5.69 Å². The zero-order valence-corrected chi connectivity index (χ0v) is 13.7. The molecule has 0 bridgehead atoms. The fourth-order valence-corrected chi connectivity index (χ4v) is 2.97. The third kappa shape index (κ3) is 3.29. The number of carbonyl (C=O) groups excluding carboxylic acids is 1. The summed E-state index contributed by atoms with van der Waals surface area (Å²) in [4.78, 5) is 12.3. The minimum absolute atomic E-state index is 0.106. The number of aryl methyl sites for hydroxylation is 1. The van der Waals surface area contributed by atoms with E-state index in [0.29, 0.717) is 11.0 Å². The molecule has 0 saturated heterocycles. The molecule has 3 rings (SSSR count). The topological polar surface area (TPSA) is 85.8 Å². The Labute approximate surface area is 138 Å². The lowest BCUT2D eigenvalue weighted by Crippen LogP contribution is -2.23. The number of hydrogen-bond donors (Lipinski definition) is 2. The SMILES string of the molecule is Cc1nnc(S[C@H](C)C(=O)Nc2ccc3ccccc3c2)n1N. The standard InChI is InChI=1S/C16H17N5OS/c1-10(23-16-20-19-11(2)21(16)17)15(22)18-14-8-7-12-5-3-4-6-13(12)9-14/h3-10H,17H2,1-2H3,(H,18,22)/t10-/m1/s1. The molecule has 23 heavy (non-hydrogen) atoms. The number of thioether (sulfide) groups is 1. The summed E-state index contributed by atoms with van der Waals surface area (Å²) in [5.41, 5.74) is 0.770. The van der Waals surface area contributed by atoms with E-state index in [4.69, 9.17) is 5.84 Å². The number of anilines is 1. The molecule has 1 heterocycles. The number of nitrogen functional groups attached to an aromatic ring is 1. The fourth-order valence-electron chi connectivity index (χ4n) is 2.15. The van der Waals surface area contributed by atoms with Crippen LogP contribution in [0.5, 0.6) is 0 Å². The summed E-state index contributed by atoms with van der Waals surface area (Å²) in [6.07, 6.45) is 0. The number of nitrogens with one attached hydrogen (secondary N) is 1. The third-order valence-electron chi connectivity index (χ3n) is 3.50. The van der Waals surface area contributed by atoms with Crippen molar-refractivity contribution in [1.29, 1.82) is 0 Å². The summed E-state index contributed by atoms with van der Waals surface area (Å²) >= 11 is 1.27.